The monoisotopic (exact) mass is 322 g/mol. The second-order valence-corrected chi connectivity index (χ2v) is 6.15. The van der Waals surface area contributed by atoms with Gasteiger partial charge in [0, 0.05) is 5.56 Å². The molecule has 122 valence electrons. The van der Waals surface area contributed by atoms with Crippen LogP contribution in [0.4, 0.5) is 0 Å². The van der Waals surface area contributed by atoms with Crippen LogP contribution in [0.3, 0.4) is 0 Å². The van der Waals surface area contributed by atoms with Gasteiger partial charge in [0.25, 0.3) is 5.56 Å². The Bertz CT molecular complexity index is 992. The van der Waals surface area contributed by atoms with Gasteiger partial charge in [0.15, 0.2) is 11.5 Å². The van der Waals surface area contributed by atoms with Gasteiger partial charge in [-0.15, -0.1) is 0 Å². The summed E-state index contributed by atoms with van der Waals surface area (Å²) in [6, 6.07) is 8.93. The third-order valence-corrected chi connectivity index (χ3v) is 4.62. The van der Waals surface area contributed by atoms with Gasteiger partial charge in [-0.05, 0) is 67.1 Å². The van der Waals surface area contributed by atoms with Crippen LogP contribution in [-0.2, 0) is 12.8 Å². The predicted molar refractivity (Wildman–Crippen MR) is 92.7 cm³/mol. The van der Waals surface area contributed by atoms with Crippen molar-refractivity contribution in [3.63, 3.8) is 0 Å². The molecule has 5 heteroatoms. The van der Waals surface area contributed by atoms with E-state index >= 15 is 0 Å². The van der Waals surface area contributed by atoms with Gasteiger partial charge in [0.2, 0.25) is 0 Å². The zero-order valence-electron chi connectivity index (χ0n) is 13.4. The van der Waals surface area contributed by atoms with Crippen LogP contribution in [-0.4, -0.2) is 22.2 Å². The van der Waals surface area contributed by atoms with Crippen molar-refractivity contribution >= 4 is 10.9 Å². The Morgan fingerprint density at radius 1 is 1.12 bits per heavy atom. The lowest BCUT2D eigenvalue weighted by Gasteiger charge is -2.16. The van der Waals surface area contributed by atoms with Crippen molar-refractivity contribution in [1.82, 2.24) is 9.97 Å². The molecule has 3 aromatic rings. The first-order chi connectivity index (χ1) is 11.7. The minimum atomic E-state index is -0.143. The Labute approximate surface area is 138 Å². The Balaban J connectivity index is 1.90. The van der Waals surface area contributed by atoms with Gasteiger partial charge in [-0.25, -0.2) is 4.98 Å². The molecule has 1 aliphatic carbocycles. The lowest BCUT2D eigenvalue weighted by molar-refractivity contribution is 0.373. The maximum absolute atomic E-state index is 12.5. The largest absolute Gasteiger partial charge is 0.504 e. The van der Waals surface area contributed by atoms with Gasteiger partial charge in [-0.2, -0.15) is 0 Å². The molecule has 0 amide bonds. The van der Waals surface area contributed by atoms with Crippen molar-refractivity contribution in [1.29, 1.82) is 0 Å². The van der Waals surface area contributed by atoms with Crippen molar-refractivity contribution in [2.45, 2.75) is 25.7 Å². The van der Waals surface area contributed by atoms with Crippen LogP contribution >= 0.6 is 0 Å². The summed E-state index contributed by atoms with van der Waals surface area (Å²) in [5.41, 5.74) is 3.82. The number of ether oxygens (including phenoxy) is 1. The zero-order valence-corrected chi connectivity index (χ0v) is 13.4. The molecule has 0 radical (unpaired) electrons. The Morgan fingerprint density at radius 2 is 1.88 bits per heavy atom. The Kier molecular flexibility index (Phi) is 3.49. The molecule has 0 saturated carbocycles. The van der Waals surface area contributed by atoms with E-state index in [0.717, 1.165) is 12.8 Å². The van der Waals surface area contributed by atoms with Crippen LogP contribution in [0.2, 0.25) is 0 Å². The lowest BCUT2D eigenvalue weighted by atomic mass is 9.90. The topological polar surface area (TPSA) is 75.2 Å². The van der Waals surface area contributed by atoms with Crippen LogP contribution in [0.1, 0.15) is 24.0 Å². The number of phenols is 1. The summed E-state index contributed by atoms with van der Waals surface area (Å²) < 4.78 is 5.13. The fraction of sp³-hybridized carbons (Fsp3) is 0.263. The second kappa shape index (κ2) is 5.67. The minimum Gasteiger partial charge on any atom is -0.504 e. The number of aromatic nitrogens is 2. The Morgan fingerprint density at radius 3 is 2.62 bits per heavy atom. The fourth-order valence-corrected chi connectivity index (χ4v) is 3.33. The normalized spacial score (nSPS) is 13.7. The number of fused-ring (bicyclic) bond motifs is 2. The summed E-state index contributed by atoms with van der Waals surface area (Å²) in [6.45, 7) is 0. The van der Waals surface area contributed by atoms with Gasteiger partial charge < -0.3 is 14.8 Å². The smallest absolute Gasteiger partial charge is 0.259 e. The van der Waals surface area contributed by atoms with E-state index in [1.807, 2.05) is 12.1 Å². The summed E-state index contributed by atoms with van der Waals surface area (Å²) in [5, 5.41) is 10.4. The minimum absolute atomic E-state index is 0.0541. The maximum Gasteiger partial charge on any atom is 0.259 e. The molecule has 1 aromatic heterocycles. The first-order valence-corrected chi connectivity index (χ1v) is 8.09. The summed E-state index contributed by atoms with van der Waals surface area (Å²) >= 11 is 0. The van der Waals surface area contributed by atoms with Crippen molar-refractivity contribution < 1.29 is 9.84 Å². The van der Waals surface area contributed by atoms with Crippen LogP contribution in [0.25, 0.3) is 22.3 Å². The molecule has 0 aliphatic heterocycles. The number of nitrogens with zero attached hydrogens (tertiary/aromatic N) is 1. The van der Waals surface area contributed by atoms with Crippen LogP contribution in [0.5, 0.6) is 11.5 Å². The number of rotatable bonds is 2. The molecule has 0 fully saturated rings. The Hall–Kier alpha value is -2.82. The number of phenolic OH excluding ortho intramolecular Hbond substituents is 1. The fourth-order valence-electron chi connectivity index (χ4n) is 3.33. The van der Waals surface area contributed by atoms with Gasteiger partial charge in [-0.1, -0.05) is 0 Å². The number of nitrogens with one attached hydrogen (secondary N) is 1. The van der Waals surface area contributed by atoms with Gasteiger partial charge >= 0.3 is 0 Å². The van der Waals surface area contributed by atoms with Crippen molar-refractivity contribution in [2.24, 2.45) is 0 Å². The summed E-state index contributed by atoms with van der Waals surface area (Å²) in [7, 11) is 1.49. The van der Waals surface area contributed by atoms with E-state index in [2.05, 4.69) is 9.97 Å². The number of aromatic amines is 1. The van der Waals surface area contributed by atoms with Crippen LogP contribution in [0.15, 0.2) is 35.1 Å². The number of H-pyrrole nitrogens is 1. The first-order valence-electron chi connectivity index (χ1n) is 8.09. The highest BCUT2D eigenvalue weighted by molar-refractivity contribution is 5.81. The number of benzene rings is 2. The molecule has 2 aromatic carbocycles. The van der Waals surface area contributed by atoms with Crippen LogP contribution in [0, 0.1) is 0 Å². The van der Waals surface area contributed by atoms with E-state index < -0.39 is 0 Å². The molecule has 1 aliphatic rings. The van der Waals surface area contributed by atoms with Crippen molar-refractivity contribution in [3.8, 4) is 22.9 Å². The summed E-state index contributed by atoms with van der Waals surface area (Å²) in [6.07, 6.45) is 4.43. The zero-order chi connectivity index (χ0) is 16.7. The van der Waals surface area contributed by atoms with E-state index in [1.165, 1.54) is 37.1 Å². The second-order valence-electron chi connectivity index (χ2n) is 6.15. The number of hydrogen-bond acceptors (Lipinski definition) is 4. The predicted octanol–water partition coefficient (Wildman–Crippen LogP) is 3.18. The van der Waals surface area contributed by atoms with Crippen LogP contribution < -0.4 is 10.3 Å². The van der Waals surface area contributed by atoms with Gasteiger partial charge in [0.05, 0.1) is 18.0 Å². The van der Waals surface area contributed by atoms with E-state index in [9.17, 15) is 9.90 Å². The highest BCUT2D eigenvalue weighted by Crippen LogP contribution is 2.30. The van der Waals surface area contributed by atoms with E-state index in [-0.39, 0.29) is 11.3 Å². The van der Waals surface area contributed by atoms with Gasteiger partial charge in [-0.3, -0.25) is 4.79 Å². The average molecular weight is 322 g/mol. The van der Waals surface area contributed by atoms with Crippen molar-refractivity contribution in [2.75, 3.05) is 7.11 Å². The number of aromatic hydroxyl groups is 1. The molecule has 0 spiro atoms. The number of methoxy groups -OCH3 is 1. The summed E-state index contributed by atoms with van der Waals surface area (Å²) in [4.78, 5) is 20.0. The maximum atomic E-state index is 12.5. The molecule has 24 heavy (non-hydrogen) atoms. The molecule has 0 saturated heterocycles. The summed E-state index contributed by atoms with van der Waals surface area (Å²) in [5.74, 6) is 0.876. The molecule has 4 rings (SSSR count). The van der Waals surface area contributed by atoms with Crippen molar-refractivity contribution in [3.05, 3.63) is 51.8 Å². The highest BCUT2D eigenvalue weighted by Gasteiger charge is 2.14. The van der Waals surface area contributed by atoms with Gasteiger partial charge in [0.1, 0.15) is 5.82 Å². The molecular formula is C19H18N2O3. The SMILES string of the molecule is COc1cc(-c2nc3cc4c(cc3c(=O)[nH]2)CCCC4)ccc1O. The molecule has 0 atom stereocenters. The molecule has 5 nitrogen and oxygen atoms in total. The highest BCUT2D eigenvalue weighted by atomic mass is 16.5. The quantitative estimate of drug-likeness (QED) is 0.760. The molecular weight excluding hydrogens is 304 g/mol. The molecule has 2 N–H and O–H groups in total. The number of aryl methyl sites for hydroxylation is 2. The standard InChI is InChI=1S/C19H18N2O3/c1-24-17-10-13(6-7-16(17)22)18-20-15-9-12-5-3-2-4-11(12)8-14(15)19(23)21-18/h6-10,22H,2-5H2,1H3,(H,20,21,23). The average Bonchev–Trinajstić information content (AvgIpc) is 2.60. The lowest BCUT2D eigenvalue weighted by Crippen LogP contribution is -2.12. The third-order valence-electron chi connectivity index (χ3n) is 4.62. The molecule has 1 heterocycles. The van der Waals surface area contributed by atoms with E-state index in [4.69, 9.17) is 4.74 Å². The first kappa shape index (κ1) is 14.8. The third kappa shape index (κ3) is 2.42. The molecule has 0 unspecified atom stereocenters. The number of hydrogen-bond donors (Lipinski definition) is 2. The molecule has 0 bridgehead atoms. The van der Waals surface area contributed by atoms with E-state index in [1.54, 1.807) is 12.1 Å². The van der Waals surface area contributed by atoms with E-state index in [0.29, 0.717) is 28.0 Å².